The summed E-state index contributed by atoms with van der Waals surface area (Å²) in [5.41, 5.74) is 0.510. The summed E-state index contributed by atoms with van der Waals surface area (Å²) in [5, 5.41) is -0.359. The predicted octanol–water partition coefficient (Wildman–Crippen LogP) is 2.40. The second kappa shape index (κ2) is 6.99. The minimum atomic E-state index is -3.62. The first kappa shape index (κ1) is 18.2. The molecule has 26 heavy (non-hydrogen) atoms. The van der Waals surface area contributed by atoms with Gasteiger partial charge in [0.2, 0.25) is 20.9 Å². The summed E-state index contributed by atoms with van der Waals surface area (Å²) in [7, 11) is -2.45. The van der Waals surface area contributed by atoms with Gasteiger partial charge in [0.1, 0.15) is 11.9 Å². The molecule has 0 bridgehead atoms. The standard InChI is InChI=1S/C17H17FN2O5S/c1-24-16(21)12-7-6-10(8-14(12)18)13-9-19-17(26(2,22)23)20-15(13)25-11-4-3-5-11/h6-9,11H,3-5H2,1-2H3. The summed E-state index contributed by atoms with van der Waals surface area (Å²) < 4.78 is 48.0. The van der Waals surface area contributed by atoms with Crippen LogP contribution in [0.2, 0.25) is 0 Å². The zero-order valence-electron chi connectivity index (χ0n) is 14.2. The molecule has 0 amide bonds. The number of halogens is 1. The Hall–Kier alpha value is -2.55. The zero-order chi connectivity index (χ0) is 18.9. The van der Waals surface area contributed by atoms with Crippen molar-refractivity contribution in [2.75, 3.05) is 13.4 Å². The molecule has 2 aromatic rings. The molecule has 0 saturated heterocycles. The van der Waals surface area contributed by atoms with Crippen LogP contribution >= 0.6 is 0 Å². The van der Waals surface area contributed by atoms with Crippen molar-refractivity contribution in [3.05, 3.63) is 35.8 Å². The average Bonchev–Trinajstić information content (AvgIpc) is 2.56. The maximum atomic E-state index is 14.2. The number of ether oxygens (including phenoxy) is 2. The van der Waals surface area contributed by atoms with Gasteiger partial charge in [-0.2, -0.15) is 4.98 Å². The SMILES string of the molecule is COC(=O)c1ccc(-c2cnc(S(C)(=O)=O)nc2OC2CCC2)cc1F. The molecule has 0 unspecified atom stereocenters. The first-order valence-corrected chi connectivity index (χ1v) is 9.80. The lowest BCUT2D eigenvalue weighted by molar-refractivity contribution is 0.0595. The number of esters is 1. The Kier molecular flexibility index (Phi) is 4.90. The molecule has 1 heterocycles. The van der Waals surface area contributed by atoms with E-state index in [1.807, 2.05) is 0 Å². The van der Waals surface area contributed by atoms with Crippen LogP contribution in [0.15, 0.2) is 29.6 Å². The van der Waals surface area contributed by atoms with Crippen molar-refractivity contribution in [2.45, 2.75) is 30.5 Å². The van der Waals surface area contributed by atoms with Gasteiger partial charge >= 0.3 is 5.97 Å². The second-order valence-electron chi connectivity index (χ2n) is 6.00. The number of methoxy groups -OCH3 is 1. The quantitative estimate of drug-likeness (QED) is 0.580. The van der Waals surface area contributed by atoms with E-state index in [0.717, 1.165) is 38.7 Å². The Balaban J connectivity index is 2.05. The molecule has 1 aromatic heterocycles. The summed E-state index contributed by atoms with van der Waals surface area (Å²) in [6.45, 7) is 0. The van der Waals surface area contributed by atoms with E-state index in [9.17, 15) is 17.6 Å². The van der Waals surface area contributed by atoms with Crippen LogP contribution in [0.4, 0.5) is 4.39 Å². The molecule has 1 fully saturated rings. The Labute approximate surface area is 150 Å². The average molecular weight is 380 g/mol. The van der Waals surface area contributed by atoms with Gasteiger partial charge < -0.3 is 9.47 Å². The third-order valence-electron chi connectivity index (χ3n) is 4.08. The first-order chi connectivity index (χ1) is 12.3. The molecule has 1 aliphatic rings. The minimum Gasteiger partial charge on any atom is -0.474 e. The number of aromatic nitrogens is 2. The van der Waals surface area contributed by atoms with Crippen LogP contribution in [0.1, 0.15) is 29.6 Å². The van der Waals surface area contributed by atoms with Gasteiger partial charge in [-0.3, -0.25) is 0 Å². The fourth-order valence-electron chi connectivity index (χ4n) is 2.42. The Morgan fingerprint density at radius 3 is 2.58 bits per heavy atom. The van der Waals surface area contributed by atoms with Crippen LogP contribution in [0, 0.1) is 5.82 Å². The number of carbonyl (C=O) groups excluding carboxylic acids is 1. The highest BCUT2D eigenvalue weighted by Crippen LogP contribution is 2.33. The van der Waals surface area contributed by atoms with Crippen LogP contribution in [0.5, 0.6) is 5.88 Å². The van der Waals surface area contributed by atoms with Gasteiger partial charge in [0, 0.05) is 12.5 Å². The smallest absolute Gasteiger partial charge is 0.340 e. The van der Waals surface area contributed by atoms with Gasteiger partial charge in [0.05, 0.1) is 18.2 Å². The Morgan fingerprint density at radius 2 is 2.04 bits per heavy atom. The summed E-state index contributed by atoms with van der Waals surface area (Å²) in [6, 6.07) is 3.93. The highest BCUT2D eigenvalue weighted by Gasteiger charge is 2.24. The van der Waals surface area contributed by atoms with Crippen LogP contribution < -0.4 is 4.74 Å². The molecule has 9 heteroatoms. The Bertz CT molecular complexity index is 958. The van der Waals surface area contributed by atoms with E-state index in [-0.39, 0.29) is 22.7 Å². The summed E-state index contributed by atoms with van der Waals surface area (Å²) >= 11 is 0. The molecule has 138 valence electrons. The van der Waals surface area contributed by atoms with Crippen molar-refractivity contribution in [3.63, 3.8) is 0 Å². The number of carbonyl (C=O) groups is 1. The molecule has 1 aliphatic carbocycles. The van der Waals surface area contributed by atoms with E-state index in [1.165, 1.54) is 18.3 Å². The molecule has 0 atom stereocenters. The lowest BCUT2D eigenvalue weighted by Crippen LogP contribution is -2.25. The topological polar surface area (TPSA) is 95.5 Å². The van der Waals surface area contributed by atoms with Gasteiger partial charge in [-0.15, -0.1) is 0 Å². The molecule has 0 radical (unpaired) electrons. The third-order valence-corrected chi connectivity index (χ3v) is 4.94. The maximum absolute atomic E-state index is 14.2. The number of benzene rings is 1. The molecule has 3 rings (SSSR count). The monoisotopic (exact) mass is 380 g/mol. The molecule has 0 N–H and O–H groups in total. The van der Waals surface area contributed by atoms with Crippen LogP contribution in [0.3, 0.4) is 0 Å². The van der Waals surface area contributed by atoms with Gasteiger partial charge in [-0.05, 0) is 37.0 Å². The molecule has 0 spiro atoms. The summed E-state index contributed by atoms with van der Waals surface area (Å²) in [5.74, 6) is -1.48. The molecule has 7 nitrogen and oxygen atoms in total. The van der Waals surface area contributed by atoms with Crippen molar-refractivity contribution in [2.24, 2.45) is 0 Å². The number of sulfone groups is 1. The normalized spacial score (nSPS) is 14.6. The number of hydrogen-bond acceptors (Lipinski definition) is 7. The van der Waals surface area contributed by atoms with E-state index in [4.69, 9.17) is 4.74 Å². The number of rotatable bonds is 5. The van der Waals surface area contributed by atoms with Crippen molar-refractivity contribution < 1.29 is 27.1 Å². The predicted molar refractivity (Wildman–Crippen MR) is 90.1 cm³/mol. The van der Waals surface area contributed by atoms with Gasteiger partial charge in [-0.25, -0.2) is 22.6 Å². The molecule has 1 aromatic carbocycles. The maximum Gasteiger partial charge on any atom is 0.340 e. The lowest BCUT2D eigenvalue weighted by atomic mass is 9.96. The fraction of sp³-hybridized carbons (Fsp3) is 0.353. The second-order valence-corrected chi connectivity index (χ2v) is 7.91. The summed E-state index contributed by atoms with van der Waals surface area (Å²) in [6.07, 6.45) is 4.92. The zero-order valence-corrected chi connectivity index (χ0v) is 15.0. The third kappa shape index (κ3) is 3.67. The van der Waals surface area contributed by atoms with Gasteiger partial charge in [0.15, 0.2) is 0 Å². The van der Waals surface area contributed by atoms with Crippen LogP contribution in [-0.2, 0) is 14.6 Å². The van der Waals surface area contributed by atoms with E-state index >= 15 is 0 Å². The van der Waals surface area contributed by atoms with Crippen molar-refractivity contribution >= 4 is 15.8 Å². The molecule has 0 aliphatic heterocycles. The fourth-order valence-corrected chi connectivity index (χ4v) is 2.92. The van der Waals surface area contributed by atoms with Crippen LogP contribution in [0.25, 0.3) is 11.1 Å². The van der Waals surface area contributed by atoms with E-state index < -0.39 is 21.6 Å². The summed E-state index contributed by atoms with van der Waals surface area (Å²) in [4.78, 5) is 19.4. The highest BCUT2D eigenvalue weighted by atomic mass is 32.2. The van der Waals surface area contributed by atoms with Gasteiger partial charge in [0.25, 0.3) is 0 Å². The van der Waals surface area contributed by atoms with E-state index in [0.29, 0.717) is 11.1 Å². The Morgan fingerprint density at radius 1 is 1.31 bits per heavy atom. The van der Waals surface area contributed by atoms with Crippen LogP contribution in [-0.4, -0.2) is 43.8 Å². The van der Waals surface area contributed by atoms with Crippen molar-refractivity contribution in [1.29, 1.82) is 0 Å². The number of hydrogen-bond donors (Lipinski definition) is 0. The molecular weight excluding hydrogens is 363 g/mol. The largest absolute Gasteiger partial charge is 0.474 e. The minimum absolute atomic E-state index is 0.0600. The van der Waals surface area contributed by atoms with Crippen molar-refractivity contribution in [1.82, 2.24) is 9.97 Å². The van der Waals surface area contributed by atoms with Crippen molar-refractivity contribution in [3.8, 4) is 17.0 Å². The van der Waals surface area contributed by atoms with E-state index in [2.05, 4.69) is 14.7 Å². The molecular formula is C17H17FN2O5S. The highest BCUT2D eigenvalue weighted by molar-refractivity contribution is 7.90. The van der Waals surface area contributed by atoms with E-state index in [1.54, 1.807) is 0 Å². The number of nitrogens with zero attached hydrogens (tertiary/aromatic N) is 2. The molecule has 1 saturated carbocycles. The lowest BCUT2D eigenvalue weighted by Gasteiger charge is -2.26. The first-order valence-electron chi connectivity index (χ1n) is 7.91. The van der Waals surface area contributed by atoms with Gasteiger partial charge in [-0.1, -0.05) is 6.07 Å².